The van der Waals surface area contributed by atoms with Gasteiger partial charge in [-0.05, 0) is 27.2 Å². The van der Waals surface area contributed by atoms with E-state index in [-0.39, 0.29) is 18.2 Å². The number of hydrogen-bond donors (Lipinski definition) is 2. The van der Waals surface area contributed by atoms with Crippen LogP contribution in [0.1, 0.15) is 34.1 Å². The van der Waals surface area contributed by atoms with Crippen molar-refractivity contribution in [1.82, 2.24) is 5.32 Å². The highest BCUT2D eigenvalue weighted by atomic mass is 16.5. The second-order valence-electron chi connectivity index (χ2n) is 3.92. The van der Waals surface area contributed by atoms with Crippen LogP contribution in [0.25, 0.3) is 0 Å². The van der Waals surface area contributed by atoms with Crippen LogP contribution in [0.4, 0.5) is 0 Å². The highest BCUT2D eigenvalue weighted by Crippen LogP contribution is 2.06. The standard InChI is InChI=1S/C10H23NO2/c1-5-10(4,8-12)11-6-7-13-9(2)3/h9,11-12H,5-8H2,1-4H3. The molecule has 0 rings (SSSR count). The molecule has 0 heterocycles. The van der Waals surface area contributed by atoms with E-state index in [1.54, 1.807) is 0 Å². The van der Waals surface area contributed by atoms with Gasteiger partial charge >= 0.3 is 0 Å². The quantitative estimate of drug-likeness (QED) is 0.591. The van der Waals surface area contributed by atoms with Crippen LogP contribution >= 0.6 is 0 Å². The first-order valence-corrected chi connectivity index (χ1v) is 5.01. The molecule has 0 aromatic rings. The molecule has 0 fully saturated rings. The maximum atomic E-state index is 9.09. The SMILES string of the molecule is CCC(C)(CO)NCCOC(C)C. The van der Waals surface area contributed by atoms with Gasteiger partial charge in [-0.15, -0.1) is 0 Å². The van der Waals surface area contributed by atoms with E-state index in [0.29, 0.717) is 6.61 Å². The van der Waals surface area contributed by atoms with Crippen LogP contribution in [0.5, 0.6) is 0 Å². The van der Waals surface area contributed by atoms with Crippen LogP contribution in [0.15, 0.2) is 0 Å². The third-order valence-electron chi connectivity index (χ3n) is 2.23. The monoisotopic (exact) mass is 189 g/mol. The molecule has 0 aromatic carbocycles. The summed E-state index contributed by atoms with van der Waals surface area (Å²) in [5.74, 6) is 0. The van der Waals surface area contributed by atoms with Crippen molar-refractivity contribution in [2.75, 3.05) is 19.8 Å². The largest absolute Gasteiger partial charge is 0.394 e. The lowest BCUT2D eigenvalue weighted by molar-refractivity contribution is 0.0712. The second kappa shape index (κ2) is 6.35. The molecular weight excluding hydrogens is 166 g/mol. The van der Waals surface area contributed by atoms with Crippen molar-refractivity contribution in [2.24, 2.45) is 0 Å². The number of ether oxygens (including phenoxy) is 1. The summed E-state index contributed by atoms with van der Waals surface area (Å²) >= 11 is 0. The number of aliphatic hydroxyl groups is 1. The normalized spacial score (nSPS) is 16.2. The molecule has 0 aliphatic carbocycles. The molecule has 3 nitrogen and oxygen atoms in total. The molecule has 1 atom stereocenters. The van der Waals surface area contributed by atoms with Gasteiger partial charge in [0.25, 0.3) is 0 Å². The zero-order valence-corrected chi connectivity index (χ0v) is 9.26. The average molecular weight is 189 g/mol. The fourth-order valence-electron chi connectivity index (χ4n) is 0.940. The highest BCUT2D eigenvalue weighted by Gasteiger charge is 2.18. The Morgan fingerprint density at radius 3 is 2.46 bits per heavy atom. The molecule has 13 heavy (non-hydrogen) atoms. The van der Waals surface area contributed by atoms with Gasteiger partial charge in [-0.3, -0.25) is 0 Å². The first-order chi connectivity index (χ1) is 6.04. The summed E-state index contributed by atoms with van der Waals surface area (Å²) < 4.78 is 5.38. The molecule has 0 spiro atoms. The smallest absolute Gasteiger partial charge is 0.0610 e. The first kappa shape index (κ1) is 12.9. The third-order valence-corrected chi connectivity index (χ3v) is 2.23. The van der Waals surface area contributed by atoms with Crippen LogP contribution in [0, 0.1) is 0 Å². The van der Waals surface area contributed by atoms with Gasteiger partial charge in [0.15, 0.2) is 0 Å². The van der Waals surface area contributed by atoms with Gasteiger partial charge in [0.2, 0.25) is 0 Å². The summed E-state index contributed by atoms with van der Waals surface area (Å²) in [6.07, 6.45) is 1.20. The van der Waals surface area contributed by atoms with E-state index in [0.717, 1.165) is 13.0 Å². The fourth-order valence-corrected chi connectivity index (χ4v) is 0.940. The molecular formula is C10H23NO2. The maximum absolute atomic E-state index is 9.09. The summed E-state index contributed by atoms with van der Waals surface area (Å²) in [7, 11) is 0. The summed E-state index contributed by atoms with van der Waals surface area (Å²) in [4.78, 5) is 0. The molecule has 0 saturated heterocycles. The molecule has 3 heteroatoms. The molecule has 0 radical (unpaired) electrons. The van der Waals surface area contributed by atoms with E-state index in [4.69, 9.17) is 9.84 Å². The first-order valence-electron chi connectivity index (χ1n) is 5.01. The number of hydrogen-bond acceptors (Lipinski definition) is 3. The molecule has 0 aliphatic heterocycles. The Morgan fingerprint density at radius 1 is 1.46 bits per heavy atom. The van der Waals surface area contributed by atoms with E-state index in [1.165, 1.54) is 0 Å². The predicted octanol–water partition coefficient (Wildman–Crippen LogP) is 1.16. The van der Waals surface area contributed by atoms with Gasteiger partial charge in [-0.25, -0.2) is 0 Å². The van der Waals surface area contributed by atoms with Gasteiger partial charge in [-0.2, -0.15) is 0 Å². The Balaban J connectivity index is 3.50. The van der Waals surface area contributed by atoms with Gasteiger partial charge in [0.05, 0.1) is 19.3 Å². The summed E-state index contributed by atoms with van der Waals surface area (Å²) in [5, 5.41) is 12.4. The van der Waals surface area contributed by atoms with E-state index in [1.807, 2.05) is 20.8 Å². The van der Waals surface area contributed by atoms with Gasteiger partial charge in [0.1, 0.15) is 0 Å². The Labute approximate surface area is 81.5 Å². The zero-order chi connectivity index (χ0) is 10.3. The van der Waals surface area contributed by atoms with Crippen LogP contribution in [-0.4, -0.2) is 36.5 Å². The topological polar surface area (TPSA) is 41.5 Å². The lowest BCUT2D eigenvalue weighted by Gasteiger charge is -2.27. The average Bonchev–Trinajstić information content (AvgIpc) is 2.12. The zero-order valence-electron chi connectivity index (χ0n) is 9.26. The minimum atomic E-state index is -0.152. The van der Waals surface area contributed by atoms with Crippen molar-refractivity contribution in [3.63, 3.8) is 0 Å². The van der Waals surface area contributed by atoms with E-state index in [2.05, 4.69) is 12.2 Å². The molecule has 0 saturated carbocycles. The summed E-state index contributed by atoms with van der Waals surface area (Å²) in [6.45, 7) is 9.78. The molecule has 0 bridgehead atoms. The van der Waals surface area contributed by atoms with Crippen molar-refractivity contribution in [3.8, 4) is 0 Å². The van der Waals surface area contributed by atoms with E-state index < -0.39 is 0 Å². The molecule has 0 aromatic heterocycles. The molecule has 1 unspecified atom stereocenters. The number of nitrogens with one attached hydrogen (secondary N) is 1. The molecule has 80 valence electrons. The van der Waals surface area contributed by atoms with Crippen LogP contribution in [-0.2, 0) is 4.74 Å². The van der Waals surface area contributed by atoms with E-state index in [9.17, 15) is 0 Å². The predicted molar refractivity (Wildman–Crippen MR) is 54.9 cm³/mol. The third kappa shape index (κ3) is 6.02. The molecule has 2 N–H and O–H groups in total. The molecule has 0 amide bonds. The lowest BCUT2D eigenvalue weighted by Crippen LogP contribution is -2.46. The minimum absolute atomic E-state index is 0.152. The maximum Gasteiger partial charge on any atom is 0.0610 e. The number of rotatable bonds is 7. The van der Waals surface area contributed by atoms with Crippen molar-refractivity contribution < 1.29 is 9.84 Å². The lowest BCUT2D eigenvalue weighted by atomic mass is 10.0. The van der Waals surface area contributed by atoms with Crippen LogP contribution < -0.4 is 5.32 Å². The second-order valence-corrected chi connectivity index (χ2v) is 3.92. The summed E-state index contributed by atoms with van der Waals surface area (Å²) in [5.41, 5.74) is -0.152. The van der Waals surface area contributed by atoms with Crippen LogP contribution in [0.2, 0.25) is 0 Å². The fraction of sp³-hybridized carbons (Fsp3) is 1.00. The Kier molecular flexibility index (Phi) is 6.29. The summed E-state index contributed by atoms with van der Waals surface area (Å²) in [6, 6.07) is 0. The van der Waals surface area contributed by atoms with E-state index >= 15 is 0 Å². The highest BCUT2D eigenvalue weighted by molar-refractivity contribution is 4.79. The van der Waals surface area contributed by atoms with Crippen molar-refractivity contribution >= 4 is 0 Å². The van der Waals surface area contributed by atoms with Crippen molar-refractivity contribution in [3.05, 3.63) is 0 Å². The van der Waals surface area contributed by atoms with Crippen LogP contribution in [0.3, 0.4) is 0 Å². The van der Waals surface area contributed by atoms with Gasteiger partial charge < -0.3 is 15.2 Å². The van der Waals surface area contributed by atoms with Gasteiger partial charge in [-0.1, -0.05) is 6.92 Å². The number of aliphatic hydroxyl groups excluding tert-OH is 1. The van der Waals surface area contributed by atoms with Crippen molar-refractivity contribution in [1.29, 1.82) is 0 Å². The Morgan fingerprint density at radius 2 is 2.08 bits per heavy atom. The van der Waals surface area contributed by atoms with Gasteiger partial charge in [0, 0.05) is 12.1 Å². The minimum Gasteiger partial charge on any atom is -0.394 e. The van der Waals surface area contributed by atoms with Crippen molar-refractivity contribution in [2.45, 2.75) is 45.8 Å². The Hall–Kier alpha value is -0.120. The Bertz CT molecular complexity index is 122. The molecule has 0 aliphatic rings.